The molecule has 1 fully saturated rings. The zero-order chi connectivity index (χ0) is 12.4. The second-order valence-corrected chi connectivity index (χ2v) is 5.38. The molecule has 0 spiro atoms. The average Bonchev–Trinajstić information content (AvgIpc) is 2.70. The molecule has 1 aromatic heterocycles. The molecule has 17 heavy (non-hydrogen) atoms. The molecule has 94 valence electrons. The lowest BCUT2D eigenvalue weighted by atomic mass is 10.0. The first-order chi connectivity index (χ1) is 8.11. The first-order valence-electron chi connectivity index (χ1n) is 6.60. The van der Waals surface area contributed by atoms with Crippen LogP contribution in [0.5, 0.6) is 0 Å². The highest BCUT2D eigenvalue weighted by Gasteiger charge is 2.25. The first-order valence-corrected chi connectivity index (χ1v) is 6.60. The summed E-state index contributed by atoms with van der Waals surface area (Å²) in [6.45, 7) is 7.39. The van der Waals surface area contributed by atoms with E-state index in [1.165, 1.54) is 24.8 Å². The van der Waals surface area contributed by atoms with Crippen LogP contribution in [0.4, 0.5) is 0 Å². The Kier molecular flexibility index (Phi) is 3.77. The van der Waals surface area contributed by atoms with Gasteiger partial charge in [0.05, 0.1) is 0 Å². The fourth-order valence-corrected chi connectivity index (χ4v) is 2.82. The van der Waals surface area contributed by atoms with Gasteiger partial charge in [0.2, 0.25) is 0 Å². The summed E-state index contributed by atoms with van der Waals surface area (Å²) in [6, 6.07) is 0. The molecule has 3 nitrogen and oxygen atoms in total. The van der Waals surface area contributed by atoms with E-state index < -0.39 is 0 Å². The highest BCUT2D eigenvalue weighted by Crippen LogP contribution is 2.36. The Labute approximate surface area is 104 Å². The number of rotatable bonds is 3. The highest BCUT2D eigenvalue weighted by atomic mass is 14.9. The van der Waals surface area contributed by atoms with E-state index in [9.17, 15) is 0 Å². The minimum atomic E-state index is 0.589. The number of hydrogen-bond acceptors (Lipinski definition) is 3. The predicted molar refractivity (Wildman–Crippen MR) is 70.0 cm³/mol. The monoisotopic (exact) mass is 233 g/mol. The maximum Gasteiger partial charge on any atom is 0.131 e. The van der Waals surface area contributed by atoms with E-state index in [4.69, 9.17) is 9.97 Å². The molecule has 1 N–H and O–H groups in total. The van der Waals surface area contributed by atoms with Crippen LogP contribution in [-0.4, -0.2) is 17.0 Å². The molecule has 0 aliphatic heterocycles. The van der Waals surface area contributed by atoms with Gasteiger partial charge in [-0.1, -0.05) is 6.92 Å². The lowest BCUT2D eigenvalue weighted by Crippen LogP contribution is -2.13. The van der Waals surface area contributed by atoms with Crippen LogP contribution < -0.4 is 5.32 Å². The normalized spacial score (nSPS) is 24.2. The van der Waals surface area contributed by atoms with Crippen molar-refractivity contribution in [3.05, 3.63) is 22.8 Å². The Morgan fingerprint density at radius 3 is 2.29 bits per heavy atom. The van der Waals surface area contributed by atoms with Crippen molar-refractivity contribution in [3.8, 4) is 0 Å². The zero-order valence-corrected chi connectivity index (χ0v) is 11.4. The van der Waals surface area contributed by atoms with Crippen LogP contribution >= 0.6 is 0 Å². The smallest absolute Gasteiger partial charge is 0.131 e. The Morgan fingerprint density at radius 1 is 1.18 bits per heavy atom. The summed E-state index contributed by atoms with van der Waals surface area (Å²) in [5.41, 5.74) is 3.53. The van der Waals surface area contributed by atoms with Gasteiger partial charge in [0, 0.05) is 29.4 Å². The molecule has 2 unspecified atom stereocenters. The fraction of sp³-hybridized carbons (Fsp3) is 0.714. The molecule has 0 bridgehead atoms. The molecule has 1 saturated carbocycles. The fourth-order valence-electron chi connectivity index (χ4n) is 2.82. The van der Waals surface area contributed by atoms with Crippen LogP contribution in [0.15, 0.2) is 0 Å². The summed E-state index contributed by atoms with van der Waals surface area (Å²) >= 11 is 0. The summed E-state index contributed by atoms with van der Waals surface area (Å²) in [6.07, 6.45) is 3.83. The molecule has 0 saturated heterocycles. The van der Waals surface area contributed by atoms with Gasteiger partial charge < -0.3 is 5.32 Å². The van der Waals surface area contributed by atoms with Crippen LogP contribution in [0, 0.1) is 19.8 Å². The van der Waals surface area contributed by atoms with Crippen molar-refractivity contribution in [2.45, 2.75) is 52.5 Å². The van der Waals surface area contributed by atoms with Crippen molar-refractivity contribution in [1.82, 2.24) is 15.3 Å². The third kappa shape index (κ3) is 2.65. The molecular weight excluding hydrogens is 210 g/mol. The first kappa shape index (κ1) is 12.5. The largest absolute Gasteiger partial charge is 0.316 e. The third-order valence-corrected chi connectivity index (χ3v) is 3.85. The molecule has 0 amide bonds. The highest BCUT2D eigenvalue weighted by molar-refractivity contribution is 5.25. The Bertz CT molecular complexity index is 377. The van der Waals surface area contributed by atoms with Gasteiger partial charge in [0.25, 0.3) is 0 Å². The SMILES string of the molecule is CNCc1c(C)nc(C2CCC(C)C2)nc1C. The van der Waals surface area contributed by atoms with E-state index in [2.05, 4.69) is 26.1 Å². The molecule has 0 aromatic carbocycles. The molecule has 1 heterocycles. The van der Waals surface area contributed by atoms with Gasteiger partial charge in [0.15, 0.2) is 0 Å². The average molecular weight is 233 g/mol. The van der Waals surface area contributed by atoms with E-state index >= 15 is 0 Å². The number of aromatic nitrogens is 2. The van der Waals surface area contributed by atoms with Crippen LogP contribution in [0.1, 0.15) is 54.9 Å². The van der Waals surface area contributed by atoms with Crippen LogP contribution in [0.2, 0.25) is 0 Å². The molecule has 2 rings (SSSR count). The van der Waals surface area contributed by atoms with Gasteiger partial charge in [-0.2, -0.15) is 0 Å². The standard InChI is InChI=1S/C14H23N3/c1-9-5-6-12(7-9)14-16-10(2)13(8-15-4)11(3)17-14/h9,12,15H,5-8H2,1-4H3. The lowest BCUT2D eigenvalue weighted by molar-refractivity contribution is 0.582. The summed E-state index contributed by atoms with van der Waals surface area (Å²) in [7, 11) is 1.96. The molecule has 1 aliphatic rings. The quantitative estimate of drug-likeness (QED) is 0.872. The van der Waals surface area contributed by atoms with Crippen molar-refractivity contribution in [2.75, 3.05) is 7.05 Å². The van der Waals surface area contributed by atoms with Gasteiger partial charge in [0.1, 0.15) is 5.82 Å². The van der Waals surface area contributed by atoms with E-state index in [1.807, 2.05) is 7.05 Å². The molecule has 2 atom stereocenters. The number of nitrogens with one attached hydrogen (secondary N) is 1. The number of hydrogen-bond donors (Lipinski definition) is 1. The van der Waals surface area contributed by atoms with Gasteiger partial charge >= 0.3 is 0 Å². The van der Waals surface area contributed by atoms with Gasteiger partial charge in [-0.15, -0.1) is 0 Å². The minimum Gasteiger partial charge on any atom is -0.316 e. The molecule has 1 aromatic rings. The predicted octanol–water partition coefficient (Wildman–Crippen LogP) is 2.72. The van der Waals surface area contributed by atoms with Gasteiger partial charge in [-0.25, -0.2) is 9.97 Å². The van der Waals surface area contributed by atoms with Crippen molar-refractivity contribution in [1.29, 1.82) is 0 Å². The maximum atomic E-state index is 4.72. The second kappa shape index (κ2) is 5.13. The molecule has 3 heteroatoms. The van der Waals surface area contributed by atoms with Crippen molar-refractivity contribution < 1.29 is 0 Å². The zero-order valence-electron chi connectivity index (χ0n) is 11.4. The maximum absolute atomic E-state index is 4.72. The van der Waals surface area contributed by atoms with Gasteiger partial charge in [-0.05, 0) is 46.1 Å². The molecular formula is C14H23N3. The van der Waals surface area contributed by atoms with E-state index in [0.29, 0.717) is 5.92 Å². The second-order valence-electron chi connectivity index (χ2n) is 5.38. The third-order valence-electron chi connectivity index (χ3n) is 3.85. The number of nitrogens with zero attached hydrogens (tertiary/aromatic N) is 2. The lowest BCUT2D eigenvalue weighted by Gasteiger charge is -2.14. The van der Waals surface area contributed by atoms with E-state index in [1.54, 1.807) is 0 Å². The summed E-state index contributed by atoms with van der Waals surface area (Å²) in [5, 5.41) is 3.18. The summed E-state index contributed by atoms with van der Waals surface area (Å²) < 4.78 is 0. The topological polar surface area (TPSA) is 37.8 Å². The van der Waals surface area contributed by atoms with Crippen LogP contribution in [0.25, 0.3) is 0 Å². The van der Waals surface area contributed by atoms with E-state index in [-0.39, 0.29) is 0 Å². The summed E-state index contributed by atoms with van der Waals surface area (Å²) in [5.74, 6) is 2.50. The number of aryl methyl sites for hydroxylation is 2. The van der Waals surface area contributed by atoms with Crippen molar-refractivity contribution in [2.24, 2.45) is 5.92 Å². The van der Waals surface area contributed by atoms with Crippen LogP contribution in [0.3, 0.4) is 0 Å². The van der Waals surface area contributed by atoms with Crippen LogP contribution in [-0.2, 0) is 6.54 Å². The Balaban J connectivity index is 2.25. The van der Waals surface area contributed by atoms with Gasteiger partial charge in [-0.3, -0.25) is 0 Å². The molecule has 0 radical (unpaired) electrons. The Morgan fingerprint density at radius 2 is 1.82 bits per heavy atom. The van der Waals surface area contributed by atoms with Crippen molar-refractivity contribution >= 4 is 0 Å². The Hall–Kier alpha value is -0.960. The molecule has 1 aliphatic carbocycles. The summed E-state index contributed by atoms with van der Waals surface area (Å²) in [4.78, 5) is 9.44. The van der Waals surface area contributed by atoms with E-state index in [0.717, 1.165) is 29.7 Å². The minimum absolute atomic E-state index is 0.589. The van der Waals surface area contributed by atoms with Crippen molar-refractivity contribution in [3.63, 3.8) is 0 Å².